The van der Waals surface area contributed by atoms with E-state index in [1.807, 2.05) is 6.92 Å². The predicted molar refractivity (Wildman–Crippen MR) is 64.4 cm³/mol. The summed E-state index contributed by atoms with van der Waals surface area (Å²) < 4.78 is 5.36. The largest absolute Gasteiger partial charge is 0.375 e. The number of amides is 1. The van der Waals surface area contributed by atoms with E-state index < -0.39 is 4.92 Å². The molecule has 0 aromatic heterocycles. The summed E-state index contributed by atoms with van der Waals surface area (Å²) in [7, 11) is 0. The Labute approximate surface area is 104 Å². The Morgan fingerprint density at radius 3 is 2.67 bits per heavy atom. The molecule has 0 spiro atoms. The molecular formula is C12H14N2O4. The van der Waals surface area contributed by atoms with Crippen LogP contribution in [0.5, 0.6) is 0 Å². The molecule has 1 unspecified atom stereocenters. The lowest BCUT2D eigenvalue weighted by atomic mass is 10.1. The average Bonchev–Trinajstić information content (AvgIpc) is 2.38. The third-order valence-corrected chi connectivity index (χ3v) is 2.85. The van der Waals surface area contributed by atoms with Gasteiger partial charge in [0.1, 0.15) is 0 Å². The van der Waals surface area contributed by atoms with Gasteiger partial charge in [-0.15, -0.1) is 0 Å². The average molecular weight is 250 g/mol. The zero-order valence-electron chi connectivity index (χ0n) is 10.0. The number of nitrogens with zero attached hydrogens (tertiary/aromatic N) is 2. The molecule has 1 aromatic carbocycles. The standard InChI is InChI=1S/C12H14N2O4/c1-9-8-13(6-7-18-9)12(15)10-2-4-11(5-3-10)14(16)17/h2-5,9H,6-8H2,1H3. The Kier molecular flexibility index (Phi) is 3.57. The van der Waals surface area contributed by atoms with E-state index in [1.165, 1.54) is 24.3 Å². The molecule has 1 aliphatic heterocycles. The number of ether oxygens (including phenoxy) is 1. The van der Waals surface area contributed by atoms with Crippen molar-refractivity contribution in [1.82, 2.24) is 4.90 Å². The molecule has 0 aliphatic carbocycles. The first-order valence-electron chi connectivity index (χ1n) is 5.73. The lowest BCUT2D eigenvalue weighted by Gasteiger charge is -2.31. The van der Waals surface area contributed by atoms with Crippen molar-refractivity contribution >= 4 is 11.6 Å². The first-order chi connectivity index (χ1) is 8.58. The summed E-state index contributed by atoms with van der Waals surface area (Å²) in [6.07, 6.45) is 0.0285. The maximum absolute atomic E-state index is 12.1. The van der Waals surface area contributed by atoms with Crippen molar-refractivity contribution in [3.05, 3.63) is 39.9 Å². The second-order valence-electron chi connectivity index (χ2n) is 4.24. The number of carbonyl (C=O) groups is 1. The van der Waals surface area contributed by atoms with Crippen LogP contribution in [0.4, 0.5) is 5.69 Å². The summed E-state index contributed by atoms with van der Waals surface area (Å²) in [5.41, 5.74) is 0.455. The van der Waals surface area contributed by atoms with Crippen molar-refractivity contribution in [3.63, 3.8) is 0 Å². The van der Waals surface area contributed by atoms with Gasteiger partial charge in [-0.2, -0.15) is 0 Å². The van der Waals surface area contributed by atoms with E-state index in [1.54, 1.807) is 4.90 Å². The highest BCUT2D eigenvalue weighted by atomic mass is 16.6. The Morgan fingerprint density at radius 2 is 2.11 bits per heavy atom. The van der Waals surface area contributed by atoms with Crippen LogP contribution in [-0.4, -0.2) is 41.5 Å². The fourth-order valence-electron chi connectivity index (χ4n) is 1.91. The summed E-state index contributed by atoms with van der Waals surface area (Å²) in [4.78, 5) is 23.9. The molecule has 0 radical (unpaired) electrons. The molecule has 1 aromatic rings. The summed E-state index contributed by atoms with van der Waals surface area (Å²) in [6.45, 7) is 3.55. The van der Waals surface area contributed by atoms with Crippen molar-refractivity contribution in [2.75, 3.05) is 19.7 Å². The fraction of sp³-hybridized carbons (Fsp3) is 0.417. The van der Waals surface area contributed by atoms with Crippen LogP contribution < -0.4 is 0 Å². The number of rotatable bonds is 2. The highest BCUT2D eigenvalue weighted by molar-refractivity contribution is 5.94. The molecule has 1 heterocycles. The SMILES string of the molecule is CC1CN(C(=O)c2ccc([N+](=O)[O-])cc2)CCO1. The van der Waals surface area contributed by atoms with Crippen LogP contribution in [0.3, 0.4) is 0 Å². The van der Waals surface area contributed by atoms with Crippen molar-refractivity contribution in [1.29, 1.82) is 0 Å². The van der Waals surface area contributed by atoms with Crippen molar-refractivity contribution in [2.45, 2.75) is 13.0 Å². The van der Waals surface area contributed by atoms with Gasteiger partial charge in [0.2, 0.25) is 0 Å². The van der Waals surface area contributed by atoms with E-state index in [0.717, 1.165) is 0 Å². The fourth-order valence-corrected chi connectivity index (χ4v) is 1.91. The molecular weight excluding hydrogens is 236 g/mol. The molecule has 96 valence electrons. The Hall–Kier alpha value is -1.95. The Bertz CT molecular complexity index is 458. The molecule has 1 amide bonds. The topological polar surface area (TPSA) is 72.7 Å². The molecule has 18 heavy (non-hydrogen) atoms. The van der Waals surface area contributed by atoms with E-state index in [0.29, 0.717) is 25.3 Å². The van der Waals surface area contributed by atoms with Gasteiger partial charge in [-0.05, 0) is 19.1 Å². The van der Waals surface area contributed by atoms with Gasteiger partial charge in [0.15, 0.2) is 0 Å². The first-order valence-corrected chi connectivity index (χ1v) is 5.73. The highest BCUT2D eigenvalue weighted by Gasteiger charge is 2.22. The Morgan fingerprint density at radius 1 is 1.44 bits per heavy atom. The van der Waals surface area contributed by atoms with Crippen LogP contribution in [-0.2, 0) is 4.74 Å². The number of benzene rings is 1. The van der Waals surface area contributed by atoms with Gasteiger partial charge in [-0.1, -0.05) is 0 Å². The van der Waals surface area contributed by atoms with Crippen LogP contribution >= 0.6 is 0 Å². The van der Waals surface area contributed by atoms with Crippen LogP contribution in [0.25, 0.3) is 0 Å². The van der Waals surface area contributed by atoms with Gasteiger partial charge in [-0.3, -0.25) is 14.9 Å². The molecule has 1 aliphatic rings. The number of hydrogen-bond acceptors (Lipinski definition) is 4. The van der Waals surface area contributed by atoms with Crippen molar-refractivity contribution in [3.8, 4) is 0 Å². The van der Waals surface area contributed by atoms with Crippen LogP contribution in [0.1, 0.15) is 17.3 Å². The number of hydrogen-bond donors (Lipinski definition) is 0. The first kappa shape index (κ1) is 12.5. The van der Waals surface area contributed by atoms with Crippen LogP contribution in [0.2, 0.25) is 0 Å². The zero-order chi connectivity index (χ0) is 13.1. The second-order valence-corrected chi connectivity index (χ2v) is 4.24. The third-order valence-electron chi connectivity index (χ3n) is 2.85. The van der Waals surface area contributed by atoms with Gasteiger partial charge in [0.05, 0.1) is 17.6 Å². The molecule has 1 atom stereocenters. The third kappa shape index (κ3) is 2.65. The van der Waals surface area contributed by atoms with E-state index in [4.69, 9.17) is 4.74 Å². The smallest absolute Gasteiger partial charge is 0.269 e. The van der Waals surface area contributed by atoms with Gasteiger partial charge < -0.3 is 9.64 Å². The monoisotopic (exact) mass is 250 g/mol. The lowest BCUT2D eigenvalue weighted by molar-refractivity contribution is -0.384. The number of nitro groups is 1. The number of carbonyl (C=O) groups excluding carboxylic acids is 1. The van der Waals surface area contributed by atoms with Gasteiger partial charge in [0.25, 0.3) is 11.6 Å². The molecule has 1 saturated heterocycles. The van der Waals surface area contributed by atoms with E-state index in [-0.39, 0.29) is 17.7 Å². The minimum atomic E-state index is -0.481. The quantitative estimate of drug-likeness (QED) is 0.588. The van der Waals surface area contributed by atoms with Crippen LogP contribution in [0.15, 0.2) is 24.3 Å². The normalized spacial score (nSPS) is 19.6. The molecule has 0 bridgehead atoms. The summed E-state index contributed by atoms with van der Waals surface area (Å²) in [6, 6.07) is 5.66. The summed E-state index contributed by atoms with van der Waals surface area (Å²) >= 11 is 0. The molecule has 6 nitrogen and oxygen atoms in total. The second kappa shape index (κ2) is 5.14. The predicted octanol–water partition coefficient (Wildman–Crippen LogP) is 1.46. The molecule has 2 rings (SSSR count). The number of nitro benzene ring substituents is 1. The lowest BCUT2D eigenvalue weighted by Crippen LogP contribution is -2.44. The van der Waals surface area contributed by atoms with E-state index in [9.17, 15) is 14.9 Å². The van der Waals surface area contributed by atoms with E-state index >= 15 is 0 Å². The maximum atomic E-state index is 12.1. The molecule has 0 N–H and O–H groups in total. The maximum Gasteiger partial charge on any atom is 0.269 e. The minimum Gasteiger partial charge on any atom is -0.375 e. The minimum absolute atomic E-state index is 0.0121. The van der Waals surface area contributed by atoms with Crippen molar-refractivity contribution in [2.24, 2.45) is 0 Å². The number of non-ortho nitro benzene ring substituents is 1. The summed E-state index contributed by atoms with van der Waals surface area (Å²) in [5.74, 6) is -0.111. The number of morpholine rings is 1. The zero-order valence-corrected chi connectivity index (χ0v) is 10.0. The molecule has 1 fully saturated rings. The van der Waals surface area contributed by atoms with Gasteiger partial charge in [0, 0.05) is 30.8 Å². The Balaban J connectivity index is 2.10. The molecule has 0 saturated carbocycles. The van der Waals surface area contributed by atoms with Crippen LogP contribution in [0, 0.1) is 10.1 Å². The summed E-state index contributed by atoms with van der Waals surface area (Å²) in [5, 5.41) is 10.5. The highest BCUT2D eigenvalue weighted by Crippen LogP contribution is 2.15. The molecule has 6 heteroatoms. The van der Waals surface area contributed by atoms with Crippen molar-refractivity contribution < 1.29 is 14.5 Å². The van der Waals surface area contributed by atoms with Gasteiger partial charge in [-0.25, -0.2) is 0 Å². The van der Waals surface area contributed by atoms with E-state index in [2.05, 4.69) is 0 Å². The van der Waals surface area contributed by atoms with Gasteiger partial charge >= 0.3 is 0 Å².